The Morgan fingerprint density at radius 2 is 1.62 bits per heavy atom. The Balaban J connectivity index is 1.74. The summed E-state index contributed by atoms with van der Waals surface area (Å²) >= 11 is 0. The first-order chi connectivity index (χ1) is 10.3. The van der Waals surface area contributed by atoms with Crippen LogP contribution in [0.2, 0.25) is 0 Å². The van der Waals surface area contributed by atoms with Gasteiger partial charge in [0, 0.05) is 24.4 Å². The number of hydrogen-bond donors (Lipinski definition) is 0. The van der Waals surface area contributed by atoms with Crippen molar-refractivity contribution in [3.05, 3.63) is 78.6 Å². The first-order valence-corrected chi connectivity index (χ1v) is 6.95. The highest BCUT2D eigenvalue weighted by molar-refractivity contribution is 5.81. The predicted molar refractivity (Wildman–Crippen MR) is 82.8 cm³/mol. The summed E-state index contributed by atoms with van der Waals surface area (Å²) in [5, 5.41) is 0. The molecule has 21 heavy (non-hydrogen) atoms. The van der Waals surface area contributed by atoms with Gasteiger partial charge in [-0.25, -0.2) is 4.98 Å². The molecule has 1 heterocycles. The van der Waals surface area contributed by atoms with E-state index in [9.17, 15) is 4.79 Å². The number of aromatic nitrogens is 2. The van der Waals surface area contributed by atoms with E-state index in [0.29, 0.717) is 13.0 Å². The van der Waals surface area contributed by atoms with Crippen LogP contribution in [0.5, 0.6) is 0 Å². The van der Waals surface area contributed by atoms with Gasteiger partial charge in [-0.2, -0.15) is 0 Å². The van der Waals surface area contributed by atoms with Crippen LogP contribution in [0.15, 0.2) is 73.1 Å². The number of carbonyl (C=O) groups excluding carboxylic acids is 1. The van der Waals surface area contributed by atoms with Crippen molar-refractivity contribution in [3.63, 3.8) is 0 Å². The molecule has 3 nitrogen and oxygen atoms in total. The van der Waals surface area contributed by atoms with Gasteiger partial charge in [0.25, 0.3) is 0 Å². The standard InChI is InChI=1S/C18H16N2O/c21-17(13-15-7-3-1-4-8-15)14-20-12-11-19-18(20)16-9-5-2-6-10-16/h1-12H,13-14H2. The fourth-order valence-corrected chi connectivity index (χ4v) is 2.35. The van der Waals surface area contributed by atoms with Crippen LogP contribution < -0.4 is 0 Å². The molecule has 0 atom stereocenters. The molecule has 0 aliphatic heterocycles. The number of carbonyl (C=O) groups is 1. The van der Waals surface area contributed by atoms with Crippen LogP contribution in [-0.2, 0) is 17.8 Å². The van der Waals surface area contributed by atoms with Crippen molar-refractivity contribution in [1.82, 2.24) is 9.55 Å². The molecule has 0 fully saturated rings. The van der Waals surface area contributed by atoms with Gasteiger partial charge in [0.15, 0.2) is 5.78 Å². The molecule has 1 aromatic heterocycles. The second kappa shape index (κ2) is 6.18. The fraction of sp³-hybridized carbons (Fsp3) is 0.111. The van der Waals surface area contributed by atoms with Gasteiger partial charge in [0.2, 0.25) is 0 Å². The quantitative estimate of drug-likeness (QED) is 0.716. The Bertz CT molecular complexity index is 717. The first kappa shape index (κ1) is 13.3. The number of rotatable bonds is 5. The lowest BCUT2D eigenvalue weighted by atomic mass is 10.1. The van der Waals surface area contributed by atoms with Gasteiger partial charge in [0.05, 0.1) is 6.54 Å². The molecule has 3 heteroatoms. The number of ketones is 1. The molecule has 0 spiro atoms. The molecule has 0 aliphatic carbocycles. The van der Waals surface area contributed by atoms with Crippen molar-refractivity contribution in [1.29, 1.82) is 0 Å². The van der Waals surface area contributed by atoms with E-state index in [1.54, 1.807) is 6.20 Å². The van der Waals surface area contributed by atoms with Crippen LogP contribution in [0.3, 0.4) is 0 Å². The number of Topliss-reactive ketones (excluding diaryl/α,β-unsaturated/α-hetero) is 1. The first-order valence-electron chi connectivity index (χ1n) is 6.95. The third-order valence-corrected chi connectivity index (χ3v) is 3.34. The zero-order valence-corrected chi connectivity index (χ0v) is 11.6. The maximum absolute atomic E-state index is 12.2. The van der Waals surface area contributed by atoms with Gasteiger partial charge in [-0.05, 0) is 5.56 Å². The van der Waals surface area contributed by atoms with Crippen LogP contribution >= 0.6 is 0 Å². The van der Waals surface area contributed by atoms with Crippen molar-refractivity contribution in [2.75, 3.05) is 0 Å². The van der Waals surface area contributed by atoms with Gasteiger partial charge < -0.3 is 4.57 Å². The van der Waals surface area contributed by atoms with Crippen molar-refractivity contribution >= 4 is 5.78 Å². The van der Waals surface area contributed by atoms with Gasteiger partial charge in [-0.15, -0.1) is 0 Å². The lowest BCUT2D eigenvalue weighted by Gasteiger charge is -2.07. The van der Waals surface area contributed by atoms with Crippen molar-refractivity contribution < 1.29 is 4.79 Å². The van der Waals surface area contributed by atoms with Crippen LogP contribution in [-0.4, -0.2) is 15.3 Å². The Labute approximate surface area is 123 Å². The molecular formula is C18H16N2O. The monoisotopic (exact) mass is 276 g/mol. The lowest BCUT2D eigenvalue weighted by molar-refractivity contribution is -0.118. The Kier molecular flexibility index (Phi) is 3.92. The highest BCUT2D eigenvalue weighted by Gasteiger charge is 2.09. The largest absolute Gasteiger partial charge is 0.324 e. The fourth-order valence-electron chi connectivity index (χ4n) is 2.35. The predicted octanol–water partition coefficient (Wildman–Crippen LogP) is 3.36. The molecule has 104 valence electrons. The molecule has 0 radical (unpaired) electrons. The maximum Gasteiger partial charge on any atom is 0.156 e. The van der Waals surface area contributed by atoms with Crippen LogP contribution in [0.1, 0.15) is 5.56 Å². The van der Waals surface area contributed by atoms with E-state index in [-0.39, 0.29) is 5.78 Å². The number of hydrogen-bond acceptors (Lipinski definition) is 2. The third kappa shape index (κ3) is 3.26. The van der Waals surface area contributed by atoms with Crippen molar-refractivity contribution in [3.8, 4) is 11.4 Å². The second-order valence-electron chi connectivity index (χ2n) is 4.95. The minimum Gasteiger partial charge on any atom is -0.324 e. The molecule has 0 saturated heterocycles. The van der Waals surface area contributed by atoms with Gasteiger partial charge in [-0.3, -0.25) is 4.79 Å². The molecule has 0 N–H and O–H groups in total. The summed E-state index contributed by atoms with van der Waals surface area (Å²) in [6.07, 6.45) is 4.04. The minimum absolute atomic E-state index is 0.177. The summed E-state index contributed by atoms with van der Waals surface area (Å²) in [6.45, 7) is 0.346. The molecule has 0 aliphatic rings. The normalized spacial score (nSPS) is 10.5. The molecule has 0 unspecified atom stereocenters. The topological polar surface area (TPSA) is 34.9 Å². The summed E-state index contributed by atoms with van der Waals surface area (Å²) < 4.78 is 1.90. The SMILES string of the molecule is O=C(Cc1ccccc1)Cn1ccnc1-c1ccccc1. The average Bonchev–Trinajstić information content (AvgIpc) is 2.97. The molecule has 0 amide bonds. The smallest absolute Gasteiger partial charge is 0.156 e. The maximum atomic E-state index is 12.2. The summed E-state index contributed by atoms with van der Waals surface area (Å²) in [6, 6.07) is 19.7. The van der Waals surface area contributed by atoms with E-state index < -0.39 is 0 Å². The van der Waals surface area contributed by atoms with E-state index in [1.807, 2.05) is 71.4 Å². The van der Waals surface area contributed by atoms with Gasteiger partial charge in [0.1, 0.15) is 5.82 Å². The van der Waals surface area contributed by atoms with Gasteiger partial charge in [-0.1, -0.05) is 60.7 Å². The van der Waals surface area contributed by atoms with Crippen molar-refractivity contribution in [2.45, 2.75) is 13.0 Å². The number of imidazole rings is 1. The summed E-state index contributed by atoms with van der Waals surface area (Å²) in [4.78, 5) is 16.6. The number of benzene rings is 2. The molecular weight excluding hydrogens is 260 g/mol. The molecule has 2 aromatic carbocycles. The third-order valence-electron chi connectivity index (χ3n) is 3.34. The van der Waals surface area contributed by atoms with E-state index in [1.165, 1.54) is 0 Å². The molecule has 0 saturated carbocycles. The Morgan fingerprint density at radius 3 is 2.33 bits per heavy atom. The zero-order valence-electron chi connectivity index (χ0n) is 11.6. The Hall–Kier alpha value is -2.68. The van der Waals surface area contributed by atoms with E-state index in [2.05, 4.69) is 4.98 Å². The zero-order chi connectivity index (χ0) is 14.5. The summed E-state index contributed by atoms with van der Waals surface area (Å²) in [5.74, 6) is 1.01. The van der Waals surface area contributed by atoms with Crippen LogP contribution in [0.25, 0.3) is 11.4 Å². The van der Waals surface area contributed by atoms with E-state index >= 15 is 0 Å². The summed E-state index contributed by atoms with van der Waals surface area (Å²) in [5.41, 5.74) is 2.07. The van der Waals surface area contributed by atoms with E-state index in [4.69, 9.17) is 0 Å². The Morgan fingerprint density at radius 1 is 0.952 bits per heavy atom. The molecule has 0 bridgehead atoms. The number of nitrogens with zero attached hydrogens (tertiary/aromatic N) is 2. The average molecular weight is 276 g/mol. The minimum atomic E-state index is 0.177. The highest BCUT2D eigenvalue weighted by atomic mass is 16.1. The van der Waals surface area contributed by atoms with Crippen LogP contribution in [0, 0.1) is 0 Å². The van der Waals surface area contributed by atoms with Crippen LogP contribution in [0.4, 0.5) is 0 Å². The van der Waals surface area contributed by atoms with E-state index in [0.717, 1.165) is 17.0 Å². The molecule has 3 aromatic rings. The molecule has 3 rings (SSSR count). The summed E-state index contributed by atoms with van der Waals surface area (Å²) in [7, 11) is 0. The second-order valence-corrected chi connectivity index (χ2v) is 4.95. The van der Waals surface area contributed by atoms with Gasteiger partial charge >= 0.3 is 0 Å². The lowest BCUT2D eigenvalue weighted by Crippen LogP contribution is -2.13. The highest BCUT2D eigenvalue weighted by Crippen LogP contribution is 2.16. The van der Waals surface area contributed by atoms with Crippen molar-refractivity contribution in [2.24, 2.45) is 0 Å².